The molecule has 2 unspecified atom stereocenters. The maximum Gasteiger partial charge on any atom is 0.225 e. The molecule has 2 fully saturated rings. The summed E-state index contributed by atoms with van der Waals surface area (Å²) in [5.41, 5.74) is 0. The number of halogens is 1. The monoisotopic (exact) mass is 343 g/mol. The lowest BCUT2D eigenvalue weighted by Gasteiger charge is -2.38. The Bertz CT molecular complexity index is 312. The van der Waals surface area contributed by atoms with Crippen LogP contribution in [0.25, 0.3) is 0 Å². The van der Waals surface area contributed by atoms with Crippen LogP contribution in [-0.2, 0) is 4.79 Å². The molecular weight excluding hydrogens is 314 g/mol. The van der Waals surface area contributed by atoms with E-state index in [9.17, 15) is 4.79 Å². The Morgan fingerprint density at radius 1 is 1.20 bits per heavy atom. The van der Waals surface area contributed by atoms with Crippen LogP contribution in [0.5, 0.6) is 0 Å². The van der Waals surface area contributed by atoms with E-state index >= 15 is 0 Å². The summed E-state index contributed by atoms with van der Waals surface area (Å²) >= 11 is 3.73. The lowest BCUT2D eigenvalue weighted by molar-refractivity contribution is -0.138. The van der Waals surface area contributed by atoms with Crippen LogP contribution < -0.4 is 0 Å². The molecule has 2 aliphatic rings. The first kappa shape index (κ1) is 16.3. The number of amides is 1. The van der Waals surface area contributed by atoms with E-state index in [4.69, 9.17) is 0 Å². The molecule has 3 heteroatoms. The van der Waals surface area contributed by atoms with Crippen LogP contribution in [-0.4, -0.2) is 28.7 Å². The van der Waals surface area contributed by atoms with Gasteiger partial charge in [-0.2, -0.15) is 0 Å². The largest absolute Gasteiger partial charge is 0.341 e. The Kier molecular flexibility index (Phi) is 6.38. The van der Waals surface area contributed by atoms with Crippen LogP contribution in [0.3, 0.4) is 0 Å². The van der Waals surface area contributed by atoms with Crippen molar-refractivity contribution in [3.63, 3.8) is 0 Å². The highest BCUT2D eigenvalue weighted by Gasteiger charge is 2.33. The molecule has 2 nitrogen and oxygen atoms in total. The summed E-state index contributed by atoms with van der Waals surface area (Å²) in [6, 6.07) is 0. The summed E-state index contributed by atoms with van der Waals surface area (Å²) in [4.78, 5) is 15.2. The van der Waals surface area contributed by atoms with Crippen molar-refractivity contribution in [1.29, 1.82) is 0 Å². The summed E-state index contributed by atoms with van der Waals surface area (Å²) in [7, 11) is 0. The normalized spacial score (nSPS) is 35.0. The Labute approximate surface area is 132 Å². The van der Waals surface area contributed by atoms with Crippen molar-refractivity contribution in [3.8, 4) is 0 Å². The SMILES string of the molecule is CCCCC1CCC(C(=O)N2CCC(C)C(Br)C2)CC1. The minimum Gasteiger partial charge on any atom is -0.341 e. The van der Waals surface area contributed by atoms with Gasteiger partial charge in [0.1, 0.15) is 0 Å². The quantitative estimate of drug-likeness (QED) is 0.682. The third-order valence-electron chi connectivity index (χ3n) is 5.34. The fourth-order valence-corrected chi connectivity index (χ4v) is 4.29. The molecule has 116 valence electrons. The number of rotatable bonds is 4. The third-order valence-corrected chi connectivity index (χ3v) is 6.53. The average Bonchev–Trinajstić information content (AvgIpc) is 2.48. The number of nitrogens with zero attached hydrogens (tertiary/aromatic N) is 1. The van der Waals surface area contributed by atoms with Crippen LogP contribution >= 0.6 is 15.9 Å². The first-order valence-corrected chi connectivity index (χ1v) is 9.46. The van der Waals surface area contributed by atoms with Gasteiger partial charge in [-0.15, -0.1) is 0 Å². The van der Waals surface area contributed by atoms with E-state index in [2.05, 4.69) is 34.7 Å². The highest BCUT2D eigenvalue weighted by atomic mass is 79.9. The van der Waals surface area contributed by atoms with Gasteiger partial charge in [-0.1, -0.05) is 49.0 Å². The van der Waals surface area contributed by atoms with Gasteiger partial charge in [-0.3, -0.25) is 4.79 Å². The second-order valence-electron chi connectivity index (χ2n) is 6.93. The molecule has 0 aromatic rings. The maximum atomic E-state index is 12.6. The van der Waals surface area contributed by atoms with Crippen LogP contribution in [0.2, 0.25) is 0 Å². The average molecular weight is 344 g/mol. The molecule has 20 heavy (non-hydrogen) atoms. The van der Waals surface area contributed by atoms with Crippen molar-refractivity contribution < 1.29 is 4.79 Å². The molecule has 1 aliphatic carbocycles. The first-order valence-electron chi connectivity index (χ1n) is 8.54. The topological polar surface area (TPSA) is 20.3 Å². The number of unbranched alkanes of at least 4 members (excludes halogenated alkanes) is 1. The fraction of sp³-hybridized carbons (Fsp3) is 0.941. The zero-order chi connectivity index (χ0) is 14.5. The van der Waals surface area contributed by atoms with Gasteiger partial charge in [0.2, 0.25) is 5.91 Å². The van der Waals surface area contributed by atoms with Gasteiger partial charge in [0.05, 0.1) is 0 Å². The summed E-state index contributed by atoms with van der Waals surface area (Å²) < 4.78 is 0. The summed E-state index contributed by atoms with van der Waals surface area (Å²) in [5.74, 6) is 2.35. The van der Waals surface area contributed by atoms with E-state index in [0.717, 1.165) is 38.3 Å². The third kappa shape index (κ3) is 4.22. The second-order valence-corrected chi connectivity index (χ2v) is 8.10. The molecule has 0 bridgehead atoms. The summed E-state index contributed by atoms with van der Waals surface area (Å²) in [5, 5.41) is 0. The number of likely N-dealkylation sites (tertiary alicyclic amines) is 1. The van der Waals surface area contributed by atoms with Gasteiger partial charge in [0.15, 0.2) is 0 Å². The van der Waals surface area contributed by atoms with Crippen molar-refractivity contribution in [2.45, 2.75) is 70.0 Å². The minimum absolute atomic E-state index is 0.320. The van der Waals surface area contributed by atoms with Crippen molar-refractivity contribution >= 4 is 21.8 Å². The molecule has 0 N–H and O–H groups in total. The number of hydrogen-bond acceptors (Lipinski definition) is 1. The smallest absolute Gasteiger partial charge is 0.225 e. The van der Waals surface area contributed by atoms with E-state index in [-0.39, 0.29) is 0 Å². The molecule has 2 atom stereocenters. The van der Waals surface area contributed by atoms with Gasteiger partial charge >= 0.3 is 0 Å². The molecule has 0 spiro atoms. The molecule has 0 aromatic carbocycles. The van der Waals surface area contributed by atoms with Gasteiger partial charge in [0.25, 0.3) is 0 Å². The number of carbonyl (C=O) groups is 1. The lowest BCUT2D eigenvalue weighted by Crippen LogP contribution is -2.46. The van der Waals surface area contributed by atoms with E-state index in [1.807, 2.05) is 0 Å². The standard InChI is InChI=1S/C17H30BrNO/c1-3-4-5-14-6-8-15(9-7-14)17(20)19-11-10-13(2)16(18)12-19/h13-16H,3-12H2,1-2H3. The van der Waals surface area contributed by atoms with Crippen molar-refractivity contribution in [1.82, 2.24) is 4.90 Å². The van der Waals surface area contributed by atoms with Crippen molar-refractivity contribution in [2.24, 2.45) is 17.8 Å². The number of piperidine rings is 1. The molecule has 1 heterocycles. The maximum absolute atomic E-state index is 12.6. The summed E-state index contributed by atoms with van der Waals surface area (Å²) in [6.07, 6.45) is 10.0. The van der Waals surface area contributed by atoms with Crippen LogP contribution in [0.15, 0.2) is 0 Å². The van der Waals surface area contributed by atoms with E-state index in [1.54, 1.807) is 0 Å². The molecule has 0 aromatic heterocycles. The second kappa shape index (κ2) is 7.82. The fourth-order valence-electron chi connectivity index (χ4n) is 3.67. The molecular formula is C17H30BrNO. The van der Waals surface area contributed by atoms with Crippen molar-refractivity contribution in [3.05, 3.63) is 0 Å². The highest BCUT2D eigenvalue weighted by molar-refractivity contribution is 9.09. The zero-order valence-corrected chi connectivity index (χ0v) is 14.7. The Morgan fingerprint density at radius 2 is 1.90 bits per heavy atom. The van der Waals surface area contributed by atoms with E-state index in [1.165, 1.54) is 32.1 Å². The van der Waals surface area contributed by atoms with Gasteiger partial charge in [0, 0.05) is 23.8 Å². The number of hydrogen-bond donors (Lipinski definition) is 0. The van der Waals surface area contributed by atoms with Crippen LogP contribution in [0.4, 0.5) is 0 Å². The van der Waals surface area contributed by atoms with Gasteiger partial charge < -0.3 is 4.90 Å². The Morgan fingerprint density at radius 3 is 2.50 bits per heavy atom. The predicted molar refractivity (Wildman–Crippen MR) is 88.0 cm³/mol. The zero-order valence-electron chi connectivity index (χ0n) is 13.1. The number of alkyl halides is 1. The molecule has 1 amide bonds. The number of carbonyl (C=O) groups excluding carboxylic acids is 1. The summed E-state index contributed by atoms with van der Waals surface area (Å²) in [6.45, 7) is 6.43. The van der Waals surface area contributed by atoms with Crippen LogP contribution in [0.1, 0.15) is 65.2 Å². The van der Waals surface area contributed by atoms with Gasteiger partial charge in [-0.25, -0.2) is 0 Å². The first-order chi connectivity index (χ1) is 9.61. The molecule has 1 saturated heterocycles. The predicted octanol–water partition coefficient (Wildman–Crippen LogP) is 4.61. The Hall–Kier alpha value is -0.0500. The molecule has 1 saturated carbocycles. The molecule has 1 aliphatic heterocycles. The Balaban J connectivity index is 1.77. The van der Waals surface area contributed by atoms with Crippen molar-refractivity contribution in [2.75, 3.05) is 13.1 Å². The molecule has 0 radical (unpaired) electrons. The van der Waals surface area contributed by atoms with Crippen LogP contribution in [0, 0.1) is 17.8 Å². The molecule has 2 rings (SSSR count). The minimum atomic E-state index is 0.320. The van der Waals surface area contributed by atoms with E-state index in [0.29, 0.717) is 22.6 Å². The van der Waals surface area contributed by atoms with Gasteiger partial charge in [-0.05, 0) is 43.9 Å². The van der Waals surface area contributed by atoms with E-state index < -0.39 is 0 Å². The lowest BCUT2D eigenvalue weighted by atomic mass is 9.79. The highest BCUT2D eigenvalue weighted by Crippen LogP contribution is 2.34.